The van der Waals surface area contributed by atoms with E-state index in [4.69, 9.17) is 9.47 Å². The maximum Gasteiger partial charge on any atom is 0.175 e. The monoisotopic (exact) mass is 353 g/mol. The van der Waals surface area contributed by atoms with Crippen LogP contribution in [0.25, 0.3) is 0 Å². The average Bonchev–Trinajstić information content (AvgIpc) is 2.48. The summed E-state index contributed by atoms with van der Waals surface area (Å²) in [4.78, 5) is 0. The zero-order valence-electron chi connectivity index (χ0n) is 12.9. The lowest BCUT2D eigenvalue weighted by Crippen LogP contribution is -2.31. The van der Waals surface area contributed by atoms with Gasteiger partial charge in [0, 0.05) is 5.56 Å². The molecule has 0 radical (unpaired) electrons. The summed E-state index contributed by atoms with van der Waals surface area (Å²) in [5.41, 5.74) is 2.74. The van der Waals surface area contributed by atoms with Gasteiger partial charge in [0.2, 0.25) is 0 Å². The van der Waals surface area contributed by atoms with Crippen LogP contribution >= 0.6 is 15.9 Å². The quantitative estimate of drug-likeness (QED) is 0.894. The fraction of sp³-hybridized carbons (Fsp3) is 0.647. The van der Waals surface area contributed by atoms with Crippen molar-refractivity contribution in [1.82, 2.24) is 5.32 Å². The third-order valence-corrected chi connectivity index (χ3v) is 4.96. The Morgan fingerprint density at radius 2 is 2.05 bits per heavy atom. The van der Waals surface area contributed by atoms with Crippen LogP contribution in [-0.4, -0.2) is 26.3 Å². The van der Waals surface area contributed by atoms with Gasteiger partial charge >= 0.3 is 0 Å². The van der Waals surface area contributed by atoms with E-state index in [1.807, 2.05) is 0 Å². The zero-order chi connectivity index (χ0) is 14.8. The van der Waals surface area contributed by atoms with Gasteiger partial charge < -0.3 is 14.8 Å². The van der Waals surface area contributed by atoms with Gasteiger partial charge in [0.25, 0.3) is 0 Å². The highest BCUT2D eigenvalue weighted by Gasteiger charge is 2.26. The van der Waals surface area contributed by atoms with E-state index in [2.05, 4.69) is 41.2 Å². The van der Waals surface area contributed by atoms with Crippen molar-refractivity contribution in [3.05, 3.63) is 21.7 Å². The van der Waals surface area contributed by atoms with E-state index in [1.165, 1.54) is 30.5 Å². The first kappa shape index (κ1) is 15.2. The molecule has 2 heterocycles. The standard InChI is InChI=1S/C17H24BrNO2/c1-11(2)15-13(8-12-4-3-5-19-10-12)9-14(18)16-17(15)21-7-6-20-16/h9,11-12,19H,3-8,10H2,1-2H3. The van der Waals surface area contributed by atoms with Gasteiger partial charge in [-0.15, -0.1) is 0 Å². The van der Waals surface area contributed by atoms with E-state index in [0.717, 1.165) is 34.9 Å². The summed E-state index contributed by atoms with van der Waals surface area (Å²) >= 11 is 3.66. The van der Waals surface area contributed by atoms with Crippen molar-refractivity contribution in [2.75, 3.05) is 26.3 Å². The molecule has 1 N–H and O–H groups in total. The van der Waals surface area contributed by atoms with E-state index in [-0.39, 0.29) is 0 Å². The van der Waals surface area contributed by atoms with Crippen LogP contribution in [0.2, 0.25) is 0 Å². The summed E-state index contributed by atoms with van der Waals surface area (Å²) in [5.74, 6) is 3.02. The molecule has 4 heteroatoms. The first-order chi connectivity index (χ1) is 10.2. The zero-order valence-corrected chi connectivity index (χ0v) is 14.5. The number of benzene rings is 1. The molecule has 0 spiro atoms. The third-order valence-electron chi connectivity index (χ3n) is 4.38. The Balaban J connectivity index is 1.96. The molecule has 0 aromatic heterocycles. The summed E-state index contributed by atoms with van der Waals surface area (Å²) in [7, 11) is 0. The summed E-state index contributed by atoms with van der Waals surface area (Å²) in [6, 6.07) is 2.25. The molecule has 0 aliphatic carbocycles. The number of rotatable bonds is 3. The highest BCUT2D eigenvalue weighted by atomic mass is 79.9. The Kier molecular flexibility index (Phi) is 4.75. The van der Waals surface area contributed by atoms with Crippen LogP contribution in [0, 0.1) is 5.92 Å². The number of hydrogen-bond donors (Lipinski definition) is 1. The Hall–Kier alpha value is -0.740. The normalized spacial score (nSPS) is 21.6. The van der Waals surface area contributed by atoms with Crippen LogP contribution in [-0.2, 0) is 6.42 Å². The Bertz CT molecular complexity index is 510. The molecule has 1 fully saturated rings. The van der Waals surface area contributed by atoms with Crippen LogP contribution in [0.3, 0.4) is 0 Å². The van der Waals surface area contributed by atoms with Crippen molar-refractivity contribution in [1.29, 1.82) is 0 Å². The van der Waals surface area contributed by atoms with Crippen LogP contribution < -0.4 is 14.8 Å². The Labute approximate surface area is 135 Å². The minimum atomic E-state index is 0.445. The molecule has 1 aromatic rings. The van der Waals surface area contributed by atoms with Crippen LogP contribution in [0.4, 0.5) is 0 Å². The molecule has 1 saturated heterocycles. The third kappa shape index (κ3) is 3.21. The number of halogens is 1. The van der Waals surface area contributed by atoms with Crippen LogP contribution in [0.15, 0.2) is 10.5 Å². The fourth-order valence-corrected chi connectivity index (χ4v) is 4.02. The van der Waals surface area contributed by atoms with Gasteiger partial charge in [-0.05, 0) is 71.7 Å². The van der Waals surface area contributed by atoms with Crippen molar-refractivity contribution in [3.63, 3.8) is 0 Å². The van der Waals surface area contributed by atoms with Crippen LogP contribution in [0.5, 0.6) is 11.5 Å². The largest absolute Gasteiger partial charge is 0.486 e. The highest BCUT2D eigenvalue weighted by molar-refractivity contribution is 9.10. The van der Waals surface area contributed by atoms with E-state index in [0.29, 0.717) is 19.1 Å². The number of ether oxygens (including phenoxy) is 2. The van der Waals surface area contributed by atoms with Gasteiger partial charge in [0.1, 0.15) is 13.2 Å². The summed E-state index contributed by atoms with van der Waals surface area (Å²) in [6.45, 7) is 8.05. The van der Waals surface area contributed by atoms with Gasteiger partial charge in [0.05, 0.1) is 4.47 Å². The lowest BCUT2D eigenvalue weighted by molar-refractivity contribution is 0.168. The second-order valence-corrected chi connectivity index (χ2v) is 7.21. The molecule has 0 bridgehead atoms. The maximum atomic E-state index is 5.96. The van der Waals surface area contributed by atoms with E-state index in [9.17, 15) is 0 Å². The second kappa shape index (κ2) is 6.57. The molecule has 2 aliphatic rings. The maximum absolute atomic E-state index is 5.96. The van der Waals surface area contributed by atoms with Crippen molar-refractivity contribution in [3.8, 4) is 11.5 Å². The topological polar surface area (TPSA) is 30.5 Å². The molecule has 0 amide bonds. The summed E-state index contributed by atoms with van der Waals surface area (Å²) in [6.07, 6.45) is 3.72. The lowest BCUT2D eigenvalue weighted by atomic mass is 9.86. The van der Waals surface area contributed by atoms with Gasteiger partial charge in [0.15, 0.2) is 11.5 Å². The second-order valence-electron chi connectivity index (χ2n) is 6.36. The van der Waals surface area contributed by atoms with Crippen molar-refractivity contribution >= 4 is 15.9 Å². The minimum Gasteiger partial charge on any atom is -0.486 e. The average molecular weight is 354 g/mol. The van der Waals surface area contributed by atoms with Gasteiger partial charge in [-0.2, -0.15) is 0 Å². The lowest BCUT2D eigenvalue weighted by Gasteiger charge is -2.28. The highest BCUT2D eigenvalue weighted by Crippen LogP contribution is 2.45. The number of piperidine rings is 1. The SMILES string of the molecule is CC(C)c1c(CC2CCCNC2)cc(Br)c2c1OCCO2. The fourth-order valence-electron chi connectivity index (χ4n) is 3.45. The molecule has 0 saturated carbocycles. The molecule has 21 heavy (non-hydrogen) atoms. The minimum absolute atomic E-state index is 0.445. The molecule has 1 unspecified atom stereocenters. The Morgan fingerprint density at radius 1 is 1.29 bits per heavy atom. The van der Waals surface area contributed by atoms with Gasteiger partial charge in [-0.1, -0.05) is 13.8 Å². The number of hydrogen-bond acceptors (Lipinski definition) is 3. The van der Waals surface area contributed by atoms with Gasteiger partial charge in [-0.25, -0.2) is 0 Å². The number of nitrogens with one attached hydrogen (secondary N) is 1. The van der Waals surface area contributed by atoms with E-state index >= 15 is 0 Å². The Morgan fingerprint density at radius 3 is 2.71 bits per heavy atom. The van der Waals surface area contributed by atoms with Crippen molar-refractivity contribution in [2.45, 2.75) is 39.0 Å². The molecular weight excluding hydrogens is 330 g/mol. The summed E-state index contributed by atoms with van der Waals surface area (Å²) < 4.78 is 12.8. The molecular formula is C17H24BrNO2. The molecule has 1 aromatic carbocycles. The number of fused-ring (bicyclic) bond motifs is 1. The van der Waals surface area contributed by atoms with Crippen LogP contribution in [0.1, 0.15) is 43.7 Å². The van der Waals surface area contributed by atoms with Crippen molar-refractivity contribution in [2.24, 2.45) is 5.92 Å². The molecule has 3 nitrogen and oxygen atoms in total. The first-order valence-electron chi connectivity index (χ1n) is 7.98. The molecule has 2 aliphatic heterocycles. The predicted molar refractivity (Wildman–Crippen MR) is 88.5 cm³/mol. The molecule has 116 valence electrons. The van der Waals surface area contributed by atoms with Gasteiger partial charge in [-0.3, -0.25) is 0 Å². The summed E-state index contributed by atoms with van der Waals surface area (Å²) in [5, 5.41) is 3.51. The van der Waals surface area contributed by atoms with E-state index < -0.39 is 0 Å². The predicted octanol–water partition coefficient (Wildman–Crippen LogP) is 3.89. The first-order valence-corrected chi connectivity index (χ1v) is 8.77. The van der Waals surface area contributed by atoms with E-state index in [1.54, 1.807) is 0 Å². The molecule has 1 atom stereocenters. The van der Waals surface area contributed by atoms with Crippen molar-refractivity contribution < 1.29 is 9.47 Å². The molecule has 3 rings (SSSR count). The smallest absolute Gasteiger partial charge is 0.175 e.